The molecule has 3 aromatic rings. The van der Waals surface area contributed by atoms with Gasteiger partial charge in [-0.3, -0.25) is 9.25 Å². The molecule has 21 heavy (non-hydrogen) atoms. The smallest absolute Gasteiger partial charge is 0.207 e. The minimum atomic E-state index is 0.718. The van der Waals surface area contributed by atoms with E-state index in [0.717, 1.165) is 23.9 Å². The van der Waals surface area contributed by atoms with Crippen molar-refractivity contribution >= 4 is 5.95 Å². The minimum Gasteiger partial charge on any atom is -0.351 e. The van der Waals surface area contributed by atoms with Gasteiger partial charge in [0.2, 0.25) is 5.95 Å². The molecular formula is C16H19N5. The van der Waals surface area contributed by atoms with E-state index in [2.05, 4.69) is 34.5 Å². The van der Waals surface area contributed by atoms with Crippen LogP contribution in [0, 0.1) is 13.8 Å². The van der Waals surface area contributed by atoms with E-state index in [9.17, 15) is 0 Å². The summed E-state index contributed by atoms with van der Waals surface area (Å²) >= 11 is 0. The van der Waals surface area contributed by atoms with Crippen molar-refractivity contribution in [3.63, 3.8) is 0 Å². The molecule has 0 aliphatic rings. The van der Waals surface area contributed by atoms with E-state index in [1.54, 1.807) is 6.20 Å². The molecule has 0 fully saturated rings. The third-order valence-electron chi connectivity index (χ3n) is 3.76. The Labute approximate surface area is 124 Å². The van der Waals surface area contributed by atoms with Crippen LogP contribution in [0.5, 0.6) is 0 Å². The molecule has 0 atom stereocenters. The second-order valence-corrected chi connectivity index (χ2v) is 5.08. The van der Waals surface area contributed by atoms with Crippen molar-refractivity contribution in [3.05, 3.63) is 59.7 Å². The number of nitrogens with zero attached hydrogens (tertiary/aromatic N) is 4. The van der Waals surface area contributed by atoms with Crippen LogP contribution >= 0.6 is 0 Å². The van der Waals surface area contributed by atoms with E-state index < -0.39 is 0 Å². The molecule has 1 aromatic carbocycles. The van der Waals surface area contributed by atoms with Gasteiger partial charge in [0.15, 0.2) is 0 Å². The van der Waals surface area contributed by atoms with Crippen LogP contribution in [0.4, 0.5) is 5.95 Å². The van der Waals surface area contributed by atoms with Gasteiger partial charge >= 0.3 is 0 Å². The molecule has 0 saturated carbocycles. The Hall–Kier alpha value is -2.56. The predicted molar refractivity (Wildman–Crippen MR) is 83.6 cm³/mol. The van der Waals surface area contributed by atoms with Crippen molar-refractivity contribution < 1.29 is 0 Å². The van der Waals surface area contributed by atoms with Crippen molar-refractivity contribution in [1.82, 2.24) is 19.3 Å². The number of rotatable bonds is 4. The van der Waals surface area contributed by atoms with Gasteiger partial charge in [0.1, 0.15) is 0 Å². The molecule has 5 nitrogen and oxygen atoms in total. The highest BCUT2D eigenvalue weighted by Gasteiger charge is 2.10. The Morgan fingerprint density at radius 3 is 2.57 bits per heavy atom. The number of aromatic nitrogens is 4. The number of aryl methyl sites for hydroxylation is 2. The highest BCUT2D eigenvalue weighted by atomic mass is 15.3. The maximum absolute atomic E-state index is 4.44. The molecule has 0 aliphatic heterocycles. The number of imidazole rings is 1. The molecule has 0 unspecified atom stereocenters. The van der Waals surface area contributed by atoms with Gasteiger partial charge in [-0.25, -0.2) is 4.98 Å². The van der Waals surface area contributed by atoms with Crippen molar-refractivity contribution in [1.29, 1.82) is 0 Å². The zero-order valence-electron chi connectivity index (χ0n) is 12.5. The Kier molecular flexibility index (Phi) is 3.48. The van der Waals surface area contributed by atoms with Crippen LogP contribution in [0.2, 0.25) is 0 Å². The average molecular weight is 281 g/mol. The Balaban J connectivity index is 1.82. The molecule has 2 heterocycles. The topological polar surface area (TPSA) is 47.7 Å². The van der Waals surface area contributed by atoms with Gasteiger partial charge < -0.3 is 5.32 Å². The van der Waals surface area contributed by atoms with Crippen LogP contribution in [0.15, 0.2) is 42.7 Å². The normalized spacial score (nSPS) is 10.8. The van der Waals surface area contributed by atoms with Crippen molar-refractivity contribution in [2.45, 2.75) is 20.4 Å². The number of para-hydroxylation sites is 1. The molecule has 0 saturated heterocycles. The summed E-state index contributed by atoms with van der Waals surface area (Å²) in [5, 5.41) is 7.84. The van der Waals surface area contributed by atoms with E-state index in [4.69, 9.17) is 0 Å². The summed E-state index contributed by atoms with van der Waals surface area (Å²) in [6.07, 6.45) is 3.76. The summed E-state index contributed by atoms with van der Waals surface area (Å²) < 4.78 is 3.96. The molecule has 1 N–H and O–H groups in total. The number of hydrogen-bond donors (Lipinski definition) is 1. The first-order chi connectivity index (χ1) is 10.2. The Morgan fingerprint density at radius 2 is 1.90 bits per heavy atom. The quantitative estimate of drug-likeness (QED) is 0.800. The highest BCUT2D eigenvalue weighted by Crippen LogP contribution is 2.17. The second-order valence-electron chi connectivity index (χ2n) is 5.08. The van der Waals surface area contributed by atoms with Gasteiger partial charge in [0, 0.05) is 42.9 Å². The Bertz CT molecular complexity index is 739. The molecule has 0 aliphatic carbocycles. The average Bonchev–Trinajstić information content (AvgIpc) is 3.04. The maximum Gasteiger partial charge on any atom is 0.207 e. The fourth-order valence-electron chi connectivity index (χ4n) is 2.47. The lowest BCUT2D eigenvalue weighted by atomic mass is 10.2. The first kappa shape index (κ1) is 13.4. The summed E-state index contributed by atoms with van der Waals surface area (Å²) in [5.74, 6) is 0.837. The highest BCUT2D eigenvalue weighted by molar-refractivity contribution is 5.42. The lowest BCUT2D eigenvalue weighted by Gasteiger charge is -2.10. The third kappa shape index (κ3) is 2.54. The van der Waals surface area contributed by atoms with Gasteiger partial charge in [-0.15, -0.1) is 0 Å². The molecule has 0 radical (unpaired) electrons. The summed E-state index contributed by atoms with van der Waals surface area (Å²) in [6.45, 7) is 4.84. The van der Waals surface area contributed by atoms with Gasteiger partial charge in [-0.05, 0) is 26.0 Å². The second kappa shape index (κ2) is 5.44. The molecule has 0 spiro atoms. The monoisotopic (exact) mass is 281 g/mol. The van der Waals surface area contributed by atoms with E-state index in [1.165, 1.54) is 11.3 Å². The lowest BCUT2D eigenvalue weighted by Crippen LogP contribution is -2.07. The zero-order chi connectivity index (χ0) is 14.8. The van der Waals surface area contributed by atoms with Crippen molar-refractivity contribution in [2.75, 3.05) is 5.32 Å². The summed E-state index contributed by atoms with van der Waals surface area (Å²) in [7, 11) is 1.97. The van der Waals surface area contributed by atoms with Crippen LogP contribution in [-0.2, 0) is 13.6 Å². The molecule has 0 bridgehead atoms. The third-order valence-corrected chi connectivity index (χ3v) is 3.76. The molecule has 5 heteroatoms. The van der Waals surface area contributed by atoms with Gasteiger partial charge in [0.25, 0.3) is 0 Å². The first-order valence-electron chi connectivity index (χ1n) is 6.98. The fraction of sp³-hybridized carbons (Fsp3) is 0.250. The molecule has 2 aromatic heterocycles. The van der Waals surface area contributed by atoms with Crippen LogP contribution in [0.3, 0.4) is 0 Å². The van der Waals surface area contributed by atoms with Crippen molar-refractivity contribution in [3.8, 4) is 5.69 Å². The molecule has 0 amide bonds. The summed E-state index contributed by atoms with van der Waals surface area (Å²) in [4.78, 5) is 4.40. The van der Waals surface area contributed by atoms with Crippen LogP contribution in [0.1, 0.15) is 17.0 Å². The number of hydrogen-bond acceptors (Lipinski definition) is 3. The predicted octanol–water partition coefficient (Wildman–Crippen LogP) is 2.83. The number of nitrogens with one attached hydrogen (secondary N) is 1. The maximum atomic E-state index is 4.44. The SMILES string of the molecule is Cc1nn(C)c(C)c1CNc1nccn1-c1ccccc1. The lowest BCUT2D eigenvalue weighted by molar-refractivity contribution is 0.730. The van der Waals surface area contributed by atoms with E-state index in [0.29, 0.717) is 0 Å². The van der Waals surface area contributed by atoms with E-state index in [-0.39, 0.29) is 0 Å². The molecule has 3 rings (SSSR count). The minimum absolute atomic E-state index is 0.718. The number of benzene rings is 1. The Morgan fingerprint density at radius 1 is 1.14 bits per heavy atom. The first-order valence-corrected chi connectivity index (χ1v) is 6.98. The fourth-order valence-corrected chi connectivity index (χ4v) is 2.47. The van der Waals surface area contributed by atoms with Crippen LogP contribution in [0.25, 0.3) is 5.69 Å². The molecular weight excluding hydrogens is 262 g/mol. The van der Waals surface area contributed by atoms with E-state index >= 15 is 0 Å². The number of anilines is 1. The van der Waals surface area contributed by atoms with Gasteiger partial charge in [-0.2, -0.15) is 5.10 Å². The summed E-state index contributed by atoms with van der Waals surface area (Å²) in [6, 6.07) is 10.2. The van der Waals surface area contributed by atoms with E-state index in [1.807, 2.05) is 47.6 Å². The standard InChI is InChI=1S/C16H19N5/c1-12-15(13(2)20(3)19-12)11-18-16-17-9-10-21(16)14-7-5-4-6-8-14/h4-10H,11H2,1-3H3,(H,17,18). The van der Waals surface area contributed by atoms with Crippen LogP contribution < -0.4 is 5.32 Å². The van der Waals surface area contributed by atoms with Gasteiger partial charge in [0.05, 0.1) is 5.69 Å². The van der Waals surface area contributed by atoms with Crippen LogP contribution in [-0.4, -0.2) is 19.3 Å². The van der Waals surface area contributed by atoms with Gasteiger partial charge in [-0.1, -0.05) is 18.2 Å². The summed E-state index contributed by atoms with van der Waals surface area (Å²) in [5.41, 5.74) is 4.55. The molecule has 108 valence electrons. The largest absolute Gasteiger partial charge is 0.351 e. The zero-order valence-corrected chi connectivity index (χ0v) is 12.5. The van der Waals surface area contributed by atoms with Crippen molar-refractivity contribution in [2.24, 2.45) is 7.05 Å².